The summed E-state index contributed by atoms with van der Waals surface area (Å²) in [6.45, 7) is 0.768. The molecule has 3 rings (SSSR count). The summed E-state index contributed by atoms with van der Waals surface area (Å²) in [5.74, 6) is 0.544. The van der Waals surface area contributed by atoms with Crippen molar-refractivity contribution in [3.05, 3.63) is 21.9 Å². The Balaban J connectivity index is 1.55. The van der Waals surface area contributed by atoms with Crippen LogP contribution in [0.4, 0.5) is 0 Å². The van der Waals surface area contributed by atoms with Crippen molar-refractivity contribution in [2.75, 3.05) is 6.54 Å². The van der Waals surface area contributed by atoms with Gasteiger partial charge in [0.1, 0.15) is 0 Å². The zero-order valence-corrected chi connectivity index (χ0v) is 11.7. The summed E-state index contributed by atoms with van der Waals surface area (Å²) in [5, 5.41) is 16.0. The van der Waals surface area contributed by atoms with Crippen molar-refractivity contribution in [2.24, 2.45) is 5.92 Å². The highest BCUT2D eigenvalue weighted by Crippen LogP contribution is 2.33. The minimum absolute atomic E-state index is 0.142. The number of hydrogen-bond acceptors (Lipinski definition) is 3. The first-order valence-electron chi connectivity index (χ1n) is 7.32. The fraction of sp³-hybridized carbons (Fsp3) is 0.733. The molecular formula is C15H23NOS. The summed E-state index contributed by atoms with van der Waals surface area (Å²) in [6.07, 6.45) is 8.66. The quantitative estimate of drug-likeness (QED) is 0.876. The molecule has 2 N–H and O–H groups in total. The van der Waals surface area contributed by atoms with Gasteiger partial charge in [0.05, 0.1) is 6.10 Å². The summed E-state index contributed by atoms with van der Waals surface area (Å²) in [6, 6.07) is 2.75. The summed E-state index contributed by atoms with van der Waals surface area (Å²) >= 11 is 1.89. The fourth-order valence-electron chi connectivity index (χ4n) is 3.47. The van der Waals surface area contributed by atoms with Crippen molar-refractivity contribution >= 4 is 11.3 Å². The summed E-state index contributed by atoms with van der Waals surface area (Å²) in [4.78, 5) is 1.55. The van der Waals surface area contributed by atoms with E-state index >= 15 is 0 Å². The van der Waals surface area contributed by atoms with E-state index in [0.29, 0.717) is 12.0 Å². The first kappa shape index (κ1) is 12.6. The van der Waals surface area contributed by atoms with E-state index in [1.54, 1.807) is 4.88 Å². The highest BCUT2D eigenvalue weighted by atomic mass is 32.1. The van der Waals surface area contributed by atoms with E-state index in [2.05, 4.69) is 16.8 Å². The molecule has 2 atom stereocenters. The standard InChI is InChI=1S/C15H23NOS/c17-14(11-4-1-2-5-11)10-16-13-6-3-7-15-12(13)8-9-18-15/h8-9,11,13-14,16-17H,1-7,10H2. The first-order chi connectivity index (χ1) is 8.84. The van der Waals surface area contributed by atoms with Gasteiger partial charge in [-0.1, -0.05) is 12.8 Å². The summed E-state index contributed by atoms with van der Waals surface area (Å²) in [5.41, 5.74) is 1.49. The number of rotatable bonds is 4. The van der Waals surface area contributed by atoms with Gasteiger partial charge in [-0.2, -0.15) is 0 Å². The van der Waals surface area contributed by atoms with Crippen LogP contribution in [0.15, 0.2) is 11.4 Å². The van der Waals surface area contributed by atoms with Crippen LogP contribution in [0.25, 0.3) is 0 Å². The molecule has 0 amide bonds. The molecule has 100 valence electrons. The van der Waals surface area contributed by atoms with Crippen LogP contribution in [-0.4, -0.2) is 17.8 Å². The van der Waals surface area contributed by atoms with Crippen LogP contribution in [0.1, 0.15) is 55.0 Å². The SMILES string of the molecule is OC(CNC1CCCc2sccc21)C1CCCC1. The number of thiophene rings is 1. The Labute approximate surface area is 113 Å². The molecule has 0 bridgehead atoms. The van der Waals surface area contributed by atoms with Crippen LogP contribution in [0.3, 0.4) is 0 Å². The van der Waals surface area contributed by atoms with E-state index in [9.17, 15) is 5.11 Å². The smallest absolute Gasteiger partial charge is 0.0692 e. The molecular weight excluding hydrogens is 242 g/mol. The van der Waals surface area contributed by atoms with E-state index in [1.807, 2.05) is 11.3 Å². The number of aliphatic hydroxyl groups is 1. The van der Waals surface area contributed by atoms with Gasteiger partial charge >= 0.3 is 0 Å². The monoisotopic (exact) mass is 265 g/mol. The van der Waals surface area contributed by atoms with Gasteiger partial charge < -0.3 is 10.4 Å². The largest absolute Gasteiger partial charge is 0.392 e. The highest BCUT2D eigenvalue weighted by molar-refractivity contribution is 7.10. The lowest BCUT2D eigenvalue weighted by Gasteiger charge is -2.26. The van der Waals surface area contributed by atoms with E-state index < -0.39 is 0 Å². The lowest BCUT2D eigenvalue weighted by atomic mass is 9.93. The zero-order chi connectivity index (χ0) is 12.4. The van der Waals surface area contributed by atoms with Gasteiger partial charge in [-0.15, -0.1) is 11.3 Å². The fourth-order valence-corrected chi connectivity index (χ4v) is 4.46. The van der Waals surface area contributed by atoms with E-state index in [-0.39, 0.29) is 6.10 Å². The van der Waals surface area contributed by atoms with Crippen LogP contribution < -0.4 is 5.32 Å². The number of hydrogen-bond donors (Lipinski definition) is 2. The molecule has 0 radical (unpaired) electrons. The van der Waals surface area contributed by atoms with Crippen molar-refractivity contribution in [1.82, 2.24) is 5.32 Å². The third-order valence-electron chi connectivity index (χ3n) is 4.57. The highest BCUT2D eigenvalue weighted by Gasteiger charge is 2.25. The molecule has 1 aromatic heterocycles. The maximum absolute atomic E-state index is 10.2. The van der Waals surface area contributed by atoms with Crippen LogP contribution in [0.5, 0.6) is 0 Å². The van der Waals surface area contributed by atoms with E-state index in [0.717, 1.165) is 6.54 Å². The second kappa shape index (κ2) is 5.72. The predicted octanol–water partition coefficient (Wildman–Crippen LogP) is 3.27. The van der Waals surface area contributed by atoms with Crippen molar-refractivity contribution in [1.29, 1.82) is 0 Å². The average molecular weight is 265 g/mol. The van der Waals surface area contributed by atoms with Crippen molar-refractivity contribution < 1.29 is 5.11 Å². The van der Waals surface area contributed by atoms with Gasteiger partial charge in [0.25, 0.3) is 0 Å². The van der Waals surface area contributed by atoms with Gasteiger partial charge in [0, 0.05) is 17.5 Å². The average Bonchev–Trinajstić information content (AvgIpc) is 3.05. The van der Waals surface area contributed by atoms with E-state index in [4.69, 9.17) is 0 Å². The van der Waals surface area contributed by atoms with E-state index in [1.165, 1.54) is 50.5 Å². The molecule has 0 saturated heterocycles. The predicted molar refractivity (Wildman–Crippen MR) is 76.0 cm³/mol. The molecule has 1 heterocycles. The molecule has 2 aliphatic carbocycles. The lowest BCUT2D eigenvalue weighted by molar-refractivity contribution is 0.105. The molecule has 2 unspecified atom stereocenters. The number of fused-ring (bicyclic) bond motifs is 1. The second-order valence-corrected chi connectivity index (χ2v) is 6.76. The molecule has 18 heavy (non-hydrogen) atoms. The number of nitrogens with one attached hydrogen (secondary N) is 1. The Morgan fingerprint density at radius 2 is 2.11 bits per heavy atom. The molecule has 0 aromatic carbocycles. The molecule has 1 aromatic rings. The molecule has 2 aliphatic rings. The third-order valence-corrected chi connectivity index (χ3v) is 5.57. The van der Waals surface area contributed by atoms with Gasteiger partial charge in [-0.05, 0) is 55.0 Å². The Hall–Kier alpha value is -0.380. The Bertz CT molecular complexity index is 384. The maximum Gasteiger partial charge on any atom is 0.0692 e. The van der Waals surface area contributed by atoms with Gasteiger partial charge in [-0.25, -0.2) is 0 Å². The second-order valence-electron chi connectivity index (χ2n) is 5.76. The normalized spacial score (nSPS) is 26.2. The molecule has 2 nitrogen and oxygen atoms in total. The van der Waals surface area contributed by atoms with Gasteiger partial charge in [0.15, 0.2) is 0 Å². The Kier molecular flexibility index (Phi) is 4.02. The van der Waals surface area contributed by atoms with Crippen LogP contribution in [0.2, 0.25) is 0 Å². The summed E-state index contributed by atoms with van der Waals surface area (Å²) < 4.78 is 0. The first-order valence-corrected chi connectivity index (χ1v) is 8.20. The van der Waals surface area contributed by atoms with Crippen molar-refractivity contribution in [2.45, 2.75) is 57.1 Å². The Morgan fingerprint density at radius 1 is 1.28 bits per heavy atom. The maximum atomic E-state index is 10.2. The molecule has 1 fully saturated rings. The topological polar surface area (TPSA) is 32.3 Å². The summed E-state index contributed by atoms with van der Waals surface area (Å²) in [7, 11) is 0. The lowest BCUT2D eigenvalue weighted by Crippen LogP contribution is -2.35. The molecule has 0 spiro atoms. The Morgan fingerprint density at radius 3 is 2.94 bits per heavy atom. The molecule has 3 heteroatoms. The van der Waals surface area contributed by atoms with Gasteiger partial charge in [0.2, 0.25) is 0 Å². The number of aliphatic hydroxyl groups excluding tert-OH is 1. The van der Waals surface area contributed by atoms with Crippen LogP contribution in [-0.2, 0) is 6.42 Å². The zero-order valence-electron chi connectivity index (χ0n) is 10.9. The van der Waals surface area contributed by atoms with Crippen LogP contribution >= 0.6 is 11.3 Å². The number of aryl methyl sites for hydroxylation is 1. The molecule has 1 saturated carbocycles. The molecule has 0 aliphatic heterocycles. The minimum atomic E-state index is -0.142. The van der Waals surface area contributed by atoms with Crippen molar-refractivity contribution in [3.63, 3.8) is 0 Å². The van der Waals surface area contributed by atoms with Gasteiger partial charge in [-0.3, -0.25) is 0 Å². The minimum Gasteiger partial charge on any atom is -0.392 e. The van der Waals surface area contributed by atoms with Crippen LogP contribution in [0, 0.1) is 5.92 Å². The van der Waals surface area contributed by atoms with Crippen molar-refractivity contribution in [3.8, 4) is 0 Å². The third kappa shape index (κ3) is 2.63.